The highest BCUT2D eigenvalue weighted by Gasteiger charge is 2.30. The fraction of sp³-hybridized carbons (Fsp3) is 0.381. The first kappa shape index (κ1) is 16.0. The molecule has 0 radical (unpaired) electrons. The van der Waals surface area contributed by atoms with Crippen molar-refractivity contribution in [3.63, 3.8) is 0 Å². The van der Waals surface area contributed by atoms with E-state index in [1.54, 1.807) is 0 Å². The van der Waals surface area contributed by atoms with Crippen molar-refractivity contribution in [2.45, 2.75) is 31.7 Å². The average Bonchev–Trinajstić information content (AvgIpc) is 3.16. The number of nitrogens with zero attached hydrogens (tertiary/aromatic N) is 1. The lowest BCUT2D eigenvalue weighted by atomic mass is 10.0. The van der Waals surface area contributed by atoms with Gasteiger partial charge in [-0.15, -0.1) is 0 Å². The number of hydrogen-bond donors (Lipinski definition) is 0. The van der Waals surface area contributed by atoms with E-state index in [0.29, 0.717) is 19.6 Å². The monoisotopic (exact) mass is 337 g/mol. The molecule has 25 heavy (non-hydrogen) atoms. The highest BCUT2D eigenvalue weighted by Crippen LogP contribution is 2.38. The number of benzene rings is 2. The molecule has 0 aliphatic carbocycles. The Kier molecular flexibility index (Phi) is 4.59. The first-order valence-corrected chi connectivity index (χ1v) is 9.04. The van der Waals surface area contributed by atoms with Crippen LogP contribution in [0.2, 0.25) is 0 Å². The number of ether oxygens (including phenoxy) is 2. The van der Waals surface area contributed by atoms with E-state index in [1.165, 1.54) is 5.56 Å². The van der Waals surface area contributed by atoms with Crippen LogP contribution in [0.5, 0.6) is 11.5 Å². The van der Waals surface area contributed by atoms with Gasteiger partial charge >= 0.3 is 0 Å². The summed E-state index contributed by atoms with van der Waals surface area (Å²) in [5.74, 6) is 1.84. The van der Waals surface area contributed by atoms with Gasteiger partial charge in [0.1, 0.15) is 13.2 Å². The van der Waals surface area contributed by atoms with E-state index >= 15 is 0 Å². The summed E-state index contributed by atoms with van der Waals surface area (Å²) in [4.78, 5) is 14.8. The Labute approximate surface area is 148 Å². The molecule has 4 heteroatoms. The molecule has 0 bridgehead atoms. The van der Waals surface area contributed by atoms with Gasteiger partial charge in [-0.2, -0.15) is 0 Å². The summed E-state index contributed by atoms with van der Waals surface area (Å²) < 4.78 is 11.3. The molecular formula is C21H23NO3. The fourth-order valence-electron chi connectivity index (χ4n) is 3.72. The first-order valence-electron chi connectivity index (χ1n) is 9.04. The van der Waals surface area contributed by atoms with E-state index in [9.17, 15) is 4.79 Å². The van der Waals surface area contributed by atoms with Crippen molar-refractivity contribution in [2.75, 3.05) is 19.8 Å². The lowest BCUT2D eigenvalue weighted by molar-refractivity contribution is -0.132. The van der Waals surface area contributed by atoms with Crippen LogP contribution < -0.4 is 9.47 Å². The minimum atomic E-state index is 0.152. The highest BCUT2D eigenvalue weighted by atomic mass is 16.6. The molecule has 2 aromatic rings. The van der Waals surface area contributed by atoms with E-state index in [4.69, 9.17) is 9.47 Å². The van der Waals surface area contributed by atoms with Gasteiger partial charge < -0.3 is 14.4 Å². The standard InChI is InChI=1S/C21H23NO3/c23-21(11-8-16-5-2-1-3-6-16)22-12-4-7-18(22)17-9-10-19-20(15-17)25-14-13-24-19/h1-3,5-6,9-10,15,18H,4,7-8,11-14H2. The maximum Gasteiger partial charge on any atom is 0.223 e. The van der Waals surface area contributed by atoms with Gasteiger partial charge in [-0.05, 0) is 42.5 Å². The second kappa shape index (κ2) is 7.18. The van der Waals surface area contributed by atoms with Crippen LogP contribution in [0, 0.1) is 0 Å². The van der Waals surface area contributed by atoms with Crippen molar-refractivity contribution in [1.29, 1.82) is 0 Å². The Morgan fingerprint density at radius 3 is 2.68 bits per heavy atom. The van der Waals surface area contributed by atoms with E-state index in [1.807, 2.05) is 35.2 Å². The number of carbonyl (C=O) groups excluding carboxylic acids is 1. The van der Waals surface area contributed by atoms with Crippen LogP contribution in [-0.2, 0) is 11.2 Å². The molecule has 1 atom stereocenters. The lowest BCUT2D eigenvalue weighted by Crippen LogP contribution is -2.30. The summed E-state index contributed by atoms with van der Waals surface area (Å²) in [6.07, 6.45) is 3.42. The normalized spacial score (nSPS) is 19.0. The molecule has 1 fully saturated rings. The Morgan fingerprint density at radius 1 is 1.04 bits per heavy atom. The van der Waals surface area contributed by atoms with Crippen molar-refractivity contribution < 1.29 is 14.3 Å². The maximum absolute atomic E-state index is 12.8. The molecule has 1 unspecified atom stereocenters. The van der Waals surface area contributed by atoms with Crippen LogP contribution in [0.4, 0.5) is 0 Å². The first-order chi connectivity index (χ1) is 12.3. The zero-order valence-electron chi connectivity index (χ0n) is 14.3. The van der Waals surface area contributed by atoms with Crippen molar-refractivity contribution in [2.24, 2.45) is 0 Å². The van der Waals surface area contributed by atoms with Gasteiger partial charge in [-0.3, -0.25) is 4.79 Å². The van der Waals surface area contributed by atoms with E-state index in [0.717, 1.165) is 42.9 Å². The predicted octanol–water partition coefficient (Wildman–Crippen LogP) is 3.75. The van der Waals surface area contributed by atoms with Gasteiger partial charge in [0.2, 0.25) is 5.91 Å². The topological polar surface area (TPSA) is 38.8 Å². The molecule has 1 saturated heterocycles. The molecule has 2 aliphatic rings. The zero-order chi connectivity index (χ0) is 17.1. The number of fused-ring (bicyclic) bond motifs is 1. The molecule has 0 N–H and O–H groups in total. The Bertz CT molecular complexity index is 744. The zero-order valence-corrected chi connectivity index (χ0v) is 14.3. The Morgan fingerprint density at radius 2 is 1.84 bits per heavy atom. The van der Waals surface area contributed by atoms with Crippen molar-refractivity contribution in [3.8, 4) is 11.5 Å². The molecule has 4 rings (SSSR count). The summed E-state index contributed by atoms with van der Waals surface area (Å²) in [6, 6.07) is 16.4. The molecule has 2 heterocycles. The van der Waals surface area contributed by atoms with Gasteiger partial charge in [0.05, 0.1) is 6.04 Å². The van der Waals surface area contributed by atoms with Gasteiger partial charge in [0, 0.05) is 13.0 Å². The van der Waals surface area contributed by atoms with Crippen LogP contribution in [-0.4, -0.2) is 30.6 Å². The van der Waals surface area contributed by atoms with Crippen molar-refractivity contribution in [3.05, 3.63) is 59.7 Å². The number of aryl methyl sites for hydroxylation is 1. The number of amides is 1. The lowest BCUT2D eigenvalue weighted by Gasteiger charge is -2.27. The molecule has 1 amide bonds. The third-order valence-electron chi connectivity index (χ3n) is 4.99. The van der Waals surface area contributed by atoms with Crippen molar-refractivity contribution in [1.82, 2.24) is 4.90 Å². The summed E-state index contributed by atoms with van der Waals surface area (Å²) in [7, 11) is 0. The molecular weight excluding hydrogens is 314 g/mol. The average molecular weight is 337 g/mol. The third-order valence-corrected chi connectivity index (χ3v) is 4.99. The smallest absolute Gasteiger partial charge is 0.223 e. The molecule has 2 aromatic carbocycles. The minimum absolute atomic E-state index is 0.152. The van der Waals surface area contributed by atoms with E-state index in [2.05, 4.69) is 18.2 Å². The number of likely N-dealkylation sites (tertiary alicyclic amines) is 1. The largest absolute Gasteiger partial charge is 0.486 e. The van der Waals surface area contributed by atoms with Gasteiger partial charge in [-0.25, -0.2) is 0 Å². The van der Waals surface area contributed by atoms with Gasteiger partial charge in [0.15, 0.2) is 11.5 Å². The molecule has 4 nitrogen and oxygen atoms in total. The van der Waals surface area contributed by atoms with E-state index < -0.39 is 0 Å². The van der Waals surface area contributed by atoms with Crippen LogP contribution in [0.1, 0.15) is 36.4 Å². The minimum Gasteiger partial charge on any atom is -0.486 e. The van der Waals surface area contributed by atoms with Crippen molar-refractivity contribution >= 4 is 5.91 Å². The summed E-state index contributed by atoms with van der Waals surface area (Å²) in [5, 5.41) is 0. The summed E-state index contributed by atoms with van der Waals surface area (Å²) in [5.41, 5.74) is 2.36. The van der Waals surface area contributed by atoms with Gasteiger partial charge in [-0.1, -0.05) is 36.4 Å². The molecule has 0 saturated carbocycles. The van der Waals surface area contributed by atoms with Crippen LogP contribution in [0.15, 0.2) is 48.5 Å². The quantitative estimate of drug-likeness (QED) is 0.853. The molecule has 130 valence electrons. The molecule has 0 aromatic heterocycles. The van der Waals surface area contributed by atoms with Gasteiger partial charge in [0.25, 0.3) is 0 Å². The number of carbonyl (C=O) groups is 1. The second-order valence-corrected chi connectivity index (χ2v) is 6.63. The van der Waals surface area contributed by atoms with E-state index in [-0.39, 0.29) is 11.9 Å². The Hall–Kier alpha value is -2.49. The SMILES string of the molecule is O=C(CCc1ccccc1)N1CCCC1c1ccc2c(c1)OCCO2. The summed E-state index contributed by atoms with van der Waals surface area (Å²) in [6.45, 7) is 2.02. The van der Waals surface area contributed by atoms with Crippen LogP contribution >= 0.6 is 0 Å². The Balaban J connectivity index is 1.45. The molecule has 0 spiro atoms. The maximum atomic E-state index is 12.8. The van der Waals surface area contributed by atoms with Crippen LogP contribution in [0.3, 0.4) is 0 Å². The number of rotatable bonds is 4. The number of hydrogen-bond acceptors (Lipinski definition) is 3. The predicted molar refractivity (Wildman–Crippen MR) is 95.9 cm³/mol. The third kappa shape index (κ3) is 3.48. The second-order valence-electron chi connectivity index (χ2n) is 6.63. The van der Waals surface area contributed by atoms with Crippen LogP contribution in [0.25, 0.3) is 0 Å². The summed E-state index contributed by atoms with van der Waals surface area (Å²) >= 11 is 0. The molecule has 2 aliphatic heterocycles. The fourth-order valence-corrected chi connectivity index (χ4v) is 3.72. The highest BCUT2D eigenvalue weighted by molar-refractivity contribution is 5.77.